The molecule has 1 heterocycles. The second kappa shape index (κ2) is 12.2. The van der Waals surface area contributed by atoms with Crippen molar-refractivity contribution in [1.82, 2.24) is 15.8 Å². The van der Waals surface area contributed by atoms with Crippen LogP contribution in [-0.4, -0.2) is 36.5 Å². The minimum atomic E-state index is 0. The lowest BCUT2D eigenvalue weighted by atomic mass is 10.1. The highest BCUT2D eigenvalue weighted by molar-refractivity contribution is 14.0. The molecule has 25 heavy (non-hydrogen) atoms. The molecule has 0 unspecified atom stereocenters. The summed E-state index contributed by atoms with van der Waals surface area (Å²) in [6.45, 7) is 8.43. The van der Waals surface area contributed by atoms with Gasteiger partial charge in [0.2, 0.25) is 0 Å². The molecule has 2 aromatic rings. The highest BCUT2D eigenvalue weighted by Crippen LogP contribution is 2.15. The van der Waals surface area contributed by atoms with Crippen LogP contribution in [0.3, 0.4) is 0 Å². The van der Waals surface area contributed by atoms with Crippen molar-refractivity contribution in [3.63, 3.8) is 0 Å². The largest absolute Gasteiger partial charge is 0.361 e. The predicted molar refractivity (Wildman–Crippen MR) is 116 cm³/mol. The van der Waals surface area contributed by atoms with Crippen molar-refractivity contribution in [2.24, 2.45) is 4.99 Å². The number of nitrogens with zero attached hydrogens (tertiary/aromatic N) is 2. The smallest absolute Gasteiger partial charge is 0.191 e. The van der Waals surface area contributed by atoms with E-state index < -0.39 is 0 Å². The van der Waals surface area contributed by atoms with Crippen LogP contribution in [0.2, 0.25) is 0 Å². The highest BCUT2D eigenvalue weighted by Gasteiger charge is 2.08. The van der Waals surface area contributed by atoms with Gasteiger partial charge in [0.25, 0.3) is 0 Å². The van der Waals surface area contributed by atoms with Gasteiger partial charge in [-0.2, -0.15) is 0 Å². The zero-order chi connectivity index (χ0) is 17.2. The number of hydrogen-bond donors (Lipinski definition) is 2. The van der Waals surface area contributed by atoms with E-state index >= 15 is 0 Å². The summed E-state index contributed by atoms with van der Waals surface area (Å²) in [4.78, 5) is 5.92. The lowest BCUT2D eigenvalue weighted by molar-refractivity contribution is 0.392. The van der Waals surface area contributed by atoms with Crippen LogP contribution in [0.4, 0.5) is 0 Å². The number of thioether (sulfide) groups is 1. The average molecular weight is 474 g/mol. The Morgan fingerprint density at radius 2 is 1.96 bits per heavy atom. The third-order valence-corrected chi connectivity index (χ3v) is 4.58. The van der Waals surface area contributed by atoms with Crippen LogP contribution in [0.15, 0.2) is 44.7 Å². The molecule has 1 aromatic heterocycles. The summed E-state index contributed by atoms with van der Waals surface area (Å²) < 4.78 is 5.19. The maximum absolute atomic E-state index is 5.19. The van der Waals surface area contributed by atoms with Gasteiger partial charge in [0.05, 0.1) is 5.69 Å². The first-order valence-corrected chi connectivity index (χ1v) is 9.31. The van der Waals surface area contributed by atoms with Gasteiger partial charge in [0.1, 0.15) is 5.76 Å². The van der Waals surface area contributed by atoms with Gasteiger partial charge in [-0.25, -0.2) is 0 Å². The number of rotatable bonds is 8. The summed E-state index contributed by atoms with van der Waals surface area (Å²) in [6.07, 6.45) is 0.844. The molecule has 0 saturated heterocycles. The van der Waals surface area contributed by atoms with Crippen LogP contribution < -0.4 is 10.6 Å². The molecule has 0 bridgehead atoms. The maximum Gasteiger partial charge on any atom is 0.191 e. The van der Waals surface area contributed by atoms with Gasteiger partial charge in [-0.05, 0) is 39.3 Å². The van der Waals surface area contributed by atoms with Crippen LogP contribution in [0.25, 0.3) is 0 Å². The molecule has 2 N–H and O–H groups in total. The molecule has 2 rings (SSSR count). The van der Waals surface area contributed by atoms with Crippen LogP contribution in [0.5, 0.6) is 0 Å². The fourth-order valence-electron chi connectivity index (χ4n) is 2.34. The van der Waals surface area contributed by atoms with Gasteiger partial charge in [0.15, 0.2) is 5.96 Å². The van der Waals surface area contributed by atoms with E-state index in [1.807, 2.05) is 31.7 Å². The Balaban J connectivity index is 0.00000312. The molecule has 0 aliphatic rings. The second-order valence-electron chi connectivity index (χ2n) is 5.40. The van der Waals surface area contributed by atoms with E-state index in [2.05, 4.69) is 52.0 Å². The van der Waals surface area contributed by atoms with E-state index in [1.165, 1.54) is 4.90 Å². The second-order valence-corrected chi connectivity index (χ2v) is 6.57. The Morgan fingerprint density at radius 1 is 1.20 bits per heavy atom. The van der Waals surface area contributed by atoms with E-state index in [0.717, 1.165) is 48.2 Å². The Bertz CT molecular complexity index is 626. The molecule has 0 amide bonds. The molecule has 0 spiro atoms. The number of aryl methyl sites for hydroxylation is 2. The normalized spacial score (nSPS) is 11.1. The van der Waals surface area contributed by atoms with Crippen molar-refractivity contribution >= 4 is 41.7 Å². The summed E-state index contributed by atoms with van der Waals surface area (Å²) in [7, 11) is 0. The molecule has 0 radical (unpaired) electrons. The number of aliphatic imine (C=N–C) groups is 1. The Kier molecular flexibility index (Phi) is 10.6. The monoisotopic (exact) mass is 474 g/mol. The van der Waals surface area contributed by atoms with Gasteiger partial charge in [-0.15, -0.1) is 35.7 Å². The van der Waals surface area contributed by atoms with E-state index in [-0.39, 0.29) is 24.0 Å². The van der Waals surface area contributed by atoms with Gasteiger partial charge in [0, 0.05) is 35.8 Å². The van der Waals surface area contributed by atoms with Crippen molar-refractivity contribution in [2.75, 3.05) is 25.4 Å². The average Bonchev–Trinajstić information content (AvgIpc) is 2.91. The summed E-state index contributed by atoms with van der Waals surface area (Å²) in [6, 6.07) is 10.4. The molecular formula is C18H27IN4OS. The van der Waals surface area contributed by atoms with Crippen molar-refractivity contribution < 1.29 is 4.52 Å². The third-order valence-electron chi connectivity index (χ3n) is 3.56. The zero-order valence-electron chi connectivity index (χ0n) is 15.0. The number of aromatic nitrogens is 1. The highest BCUT2D eigenvalue weighted by atomic mass is 127. The number of halogens is 1. The summed E-state index contributed by atoms with van der Waals surface area (Å²) >= 11 is 1.84. The van der Waals surface area contributed by atoms with Crippen molar-refractivity contribution in [2.45, 2.75) is 32.1 Å². The molecule has 0 atom stereocenters. The van der Waals surface area contributed by atoms with Crippen molar-refractivity contribution in [1.29, 1.82) is 0 Å². The number of benzene rings is 1. The van der Waals surface area contributed by atoms with Gasteiger partial charge in [-0.3, -0.25) is 4.99 Å². The van der Waals surface area contributed by atoms with Crippen molar-refractivity contribution in [3.8, 4) is 0 Å². The van der Waals surface area contributed by atoms with Crippen LogP contribution in [0, 0.1) is 13.8 Å². The van der Waals surface area contributed by atoms with E-state index in [9.17, 15) is 0 Å². The molecule has 0 saturated carbocycles. The lowest BCUT2D eigenvalue weighted by Crippen LogP contribution is -2.38. The Morgan fingerprint density at radius 3 is 2.60 bits per heavy atom. The number of guanidine groups is 1. The first kappa shape index (κ1) is 21.8. The van der Waals surface area contributed by atoms with Gasteiger partial charge < -0.3 is 15.2 Å². The van der Waals surface area contributed by atoms with Gasteiger partial charge in [-0.1, -0.05) is 23.4 Å². The third kappa shape index (κ3) is 7.68. The molecule has 0 aliphatic carbocycles. The molecule has 0 fully saturated rings. The maximum atomic E-state index is 5.19. The summed E-state index contributed by atoms with van der Waals surface area (Å²) in [5.74, 6) is 2.75. The minimum Gasteiger partial charge on any atom is -0.361 e. The van der Waals surface area contributed by atoms with E-state index in [1.54, 1.807) is 0 Å². The minimum absolute atomic E-state index is 0. The standard InChI is InChI=1S/C18H26N4OS.HI/c1-4-19-18(20-11-10-17-14(2)22-23-15(17)3)21-12-13-24-16-8-6-5-7-9-16;/h5-9H,4,10-13H2,1-3H3,(H2,19,20,21);1H. The molecule has 5 nitrogen and oxygen atoms in total. The lowest BCUT2D eigenvalue weighted by Gasteiger charge is -2.11. The Hall–Kier alpha value is -1.22. The fourth-order valence-corrected chi connectivity index (χ4v) is 3.12. The summed E-state index contributed by atoms with van der Waals surface area (Å²) in [5.41, 5.74) is 2.12. The first-order chi connectivity index (χ1) is 11.7. The summed E-state index contributed by atoms with van der Waals surface area (Å²) in [5, 5.41) is 10.6. The molecule has 7 heteroatoms. The zero-order valence-corrected chi connectivity index (χ0v) is 18.2. The van der Waals surface area contributed by atoms with Crippen LogP contribution in [-0.2, 0) is 6.42 Å². The van der Waals surface area contributed by atoms with Crippen molar-refractivity contribution in [3.05, 3.63) is 47.3 Å². The quantitative estimate of drug-likeness (QED) is 0.200. The molecule has 1 aromatic carbocycles. The molecule has 138 valence electrons. The first-order valence-electron chi connectivity index (χ1n) is 8.32. The van der Waals surface area contributed by atoms with E-state index in [4.69, 9.17) is 4.52 Å². The fraction of sp³-hybridized carbons (Fsp3) is 0.444. The SMILES string of the molecule is CCNC(=NCCc1c(C)noc1C)NCCSc1ccccc1.I. The van der Waals surface area contributed by atoms with Crippen LogP contribution in [0.1, 0.15) is 23.9 Å². The van der Waals surface area contributed by atoms with Gasteiger partial charge >= 0.3 is 0 Å². The topological polar surface area (TPSA) is 62.5 Å². The van der Waals surface area contributed by atoms with E-state index in [0.29, 0.717) is 6.54 Å². The molecule has 0 aliphatic heterocycles. The molecular weight excluding hydrogens is 447 g/mol. The number of nitrogens with one attached hydrogen (secondary N) is 2. The predicted octanol–water partition coefficient (Wildman–Crippen LogP) is 3.80. The Labute approximate surface area is 171 Å². The number of hydrogen-bond acceptors (Lipinski definition) is 4. The van der Waals surface area contributed by atoms with Crippen LogP contribution >= 0.6 is 35.7 Å².